The third-order valence-electron chi connectivity index (χ3n) is 5.04. The lowest BCUT2D eigenvalue weighted by atomic mass is 10.0. The summed E-state index contributed by atoms with van der Waals surface area (Å²) in [6.07, 6.45) is 4.14. The Morgan fingerprint density at radius 1 is 1.42 bits per heavy atom. The van der Waals surface area contributed by atoms with Crippen molar-refractivity contribution in [3.8, 4) is 6.07 Å². The van der Waals surface area contributed by atoms with Crippen LogP contribution in [0.2, 0.25) is 0 Å². The van der Waals surface area contributed by atoms with Gasteiger partial charge in [0.25, 0.3) is 0 Å². The summed E-state index contributed by atoms with van der Waals surface area (Å²) in [6.45, 7) is 3.45. The van der Waals surface area contributed by atoms with Crippen molar-refractivity contribution in [1.29, 1.82) is 5.26 Å². The highest BCUT2D eigenvalue weighted by molar-refractivity contribution is 7.16. The fourth-order valence-corrected chi connectivity index (χ4v) is 5.96. The molecule has 0 saturated carbocycles. The molecule has 2 aliphatic rings. The van der Waals surface area contributed by atoms with Crippen LogP contribution < -0.4 is 5.32 Å². The van der Waals surface area contributed by atoms with Gasteiger partial charge in [-0.15, -0.1) is 22.7 Å². The summed E-state index contributed by atoms with van der Waals surface area (Å²) in [5.41, 5.74) is 3.20. The number of nitrogens with one attached hydrogen (secondary N) is 1. The van der Waals surface area contributed by atoms with Crippen molar-refractivity contribution in [1.82, 2.24) is 4.90 Å². The normalized spacial score (nSPS) is 19.6. The SMILES string of the molecule is C[C@H]1c2ccsc2CCN1CC(=O)Nc1sc2c(c1C#N)CCC2. The molecule has 0 fully saturated rings. The third-order valence-corrected chi connectivity index (χ3v) is 7.24. The number of carbonyl (C=O) groups excluding carboxylic acids is 1. The zero-order valence-electron chi connectivity index (χ0n) is 13.6. The maximum Gasteiger partial charge on any atom is 0.239 e. The Bertz CT molecular complexity index is 830. The van der Waals surface area contributed by atoms with Gasteiger partial charge in [0.05, 0.1) is 12.1 Å². The lowest BCUT2D eigenvalue weighted by Crippen LogP contribution is -2.39. The summed E-state index contributed by atoms with van der Waals surface area (Å²) < 4.78 is 0. The molecule has 0 aromatic carbocycles. The number of rotatable bonds is 3. The largest absolute Gasteiger partial charge is 0.315 e. The van der Waals surface area contributed by atoms with E-state index in [1.807, 2.05) is 11.3 Å². The smallest absolute Gasteiger partial charge is 0.239 e. The zero-order chi connectivity index (χ0) is 16.7. The average molecular weight is 358 g/mol. The number of hydrogen-bond donors (Lipinski definition) is 1. The van der Waals surface area contributed by atoms with E-state index in [0.717, 1.165) is 42.8 Å². The third kappa shape index (κ3) is 2.67. The van der Waals surface area contributed by atoms with Crippen LogP contribution in [0, 0.1) is 11.3 Å². The van der Waals surface area contributed by atoms with E-state index in [1.165, 1.54) is 15.3 Å². The molecule has 2 aromatic rings. The molecule has 24 heavy (non-hydrogen) atoms. The number of nitrogens with zero attached hydrogens (tertiary/aromatic N) is 2. The predicted octanol–water partition coefficient (Wildman–Crippen LogP) is 3.73. The van der Waals surface area contributed by atoms with E-state index in [0.29, 0.717) is 12.1 Å². The molecular formula is C18H19N3OS2. The zero-order valence-corrected chi connectivity index (χ0v) is 15.2. The maximum absolute atomic E-state index is 12.5. The molecule has 3 heterocycles. The summed E-state index contributed by atoms with van der Waals surface area (Å²) in [7, 11) is 0. The van der Waals surface area contributed by atoms with Gasteiger partial charge in [0, 0.05) is 22.3 Å². The monoisotopic (exact) mass is 357 g/mol. The van der Waals surface area contributed by atoms with Crippen LogP contribution in [0.25, 0.3) is 0 Å². The lowest BCUT2D eigenvalue weighted by Gasteiger charge is -2.32. The van der Waals surface area contributed by atoms with Gasteiger partial charge in [-0.25, -0.2) is 0 Å². The van der Waals surface area contributed by atoms with Crippen LogP contribution in [-0.4, -0.2) is 23.9 Å². The van der Waals surface area contributed by atoms with E-state index in [4.69, 9.17) is 0 Å². The lowest BCUT2D eigenvalue weighted by molar-refractivity contribution is -0.117. The Balaban J connectivity index is 1.46. The fourth-order valence-electron chi connectivity index (χ4n) is 3.74. The highest BCUT2D eigenvalue weighted by Crippen LogP contribution is 2.38. The number of carbonyl (C=O) groups is 1. The van der Waals surface area contributed by atoms with Crippen molar-refractivity contribution in [2.75, 3.05) is 18.4 Å². The molecule has 2 aromatic heterocycles. The van der Waals surface area contributed by atoms with E-state index in [1.54, 1.807) is 11.3 Å². The second-order valence-corrected chi connectivity index (χ2v) is 8.52. The van der Waals surface area contributed by atoms with Crippen LogP contribution >= 0.6 is 22.7 Å². The molecule has 6 heteroatoms. The number of anilines is 1. The van der Waals surface area contributed by atoms with E-state index in [-0.39, 0.29) is 11.9 Å². The number of thiophene rings is 2. The van der Waals surface area contributed by atoms with E-state index < -0.39 is 0 Å². The molecule has 0 spiro atoms. The average Bonchev–Trinajstić information content (AvgIpc) is 3.25. The minimum atomic E-state index is -0.0167. The first kappa shape index (κ1) is 15.8. The maximum atomic E-state index is 12.5. The first-order valence-corrected chi connectivity index (χ1v) is 10.0. The van der Waals surface area contributed by atoms with Gasteiger partial charge in [-0.1, -0.05) is 0 Å². The molecule has 1 amide bonds. The molecule has 1 aliphatic heterocycles. The fraction of sp³-hybridized carbons (Fsp3) is 0.444. The minimum Gasteiger partial charge on any atom is -0.315 e. The van der Waals surface area contributed by atoms with Crippen LogP contribution in [0.3, 0.4) is 0 Å². The van der Waals surface area contributed by atoms with E-state index >= 15 is 0 Å². The molecule has 1 atom stereocenters. The molecule has 4 rings (SSSR count). The Labute approximate surface area is 149 Å². The van der Waals surface area contributed by atoms with Gasteiger partial charge in [-0.2, -0.15) is 5.26 Å². The molecule has 0 saturated heterocycles. The van der Waals surface area contributed by atoms with Gasteiger partial charge in [-0.3, -0.25) is 9.69 Å². The quantitative estimate of drug-likeness (QED) is 0.911. The number of hydrogen-bond acceptors (Lipinski definition) is 5. The van der Waals surface area contributed by atoms with Crippen molar-refractivity contribution >= 4 is 33.6 Å². The van der Waals surface area contributed by atoms with Crippen molar-refractivity contribution in [2.24, 2.45) is 0 Å². The summed E-state index contributed by atoms with van der Waals surface area (Å²) in [5.74, 6) is -0.0167. The van der Waals surface area contributed by atoms with Crippen LogP contribution in [0.1, 0.15) is 45.8 Å². The Hall–Kier alpha value is -1.68. The van der Waals surface area contributed by atoms with Gasteiger partial charge in [-0.05, 0) is 55.2 Å². The second kappa shape index (κ2) is 6.32. The second-order valence-electron chi connectivity index (χ2n) is 6.42. The number of aryl methyl sites for hydroxylation is 1. The Kier molecular flexibility index (Phi) is 4.17. The van der Waals surface area contributed by atoms with Gasteiger partial charge in [0.2, 0.25) is 5.91 Å². The predicted molar refractivity (Wildman–Crippen MR) is 97.7 cm³/mol. The highest BCUT2D eigenvalue weighted by atomic mass is 32.1. The van der Waals surface area contributed by atoms with Crippen LogP contribution in [0.4, 0.5) is 5.00 Å². The first-order valence-electron chi connectivity index (χ1n) is 8.32. The molecule has 0 bridgehead atoms. The van der Waals surface area contributed by atoms with Crippen LogP contribution in [-0.2, 0) is 24.1 Å². The molecule has 0 unspecified atom stereocenters. The van der Waals surface area contributed by atoms with Gasteiger partial charge < -0.3 is 5.32 Å². The summed E-state index contributed by atoms with van der Waals surface area (Å²) in [4.78, 5) is 17.5. The first-order chi connectivity index (χ1) is 11.7. The minimum absolute atomic E-state index is 0.0167. The van der Waals surface area contributed by atoms with Crippen molar-refractivity contribution in [3.05, 3.63) is 37.9 Å². The van der Waals surface area contributed by atoms with Crippen molar-refractivity contribution < 1.29 is 4.79 Å². The molecule has 4 nitrogen and oxygen atoms in total. The standard InChI is InChI=1S/C18H19N3OS2/c1-11-12-6-8-23-15(12)5-7-21(11)10-17(22)20-18-14(9-19)13-3-2-4-16(13)24-18/h6,8,11H,2-5,7,10H2,1H3,(H,20,22)/t11-/m0/s1. The number of nitriles is 1. The van der Waals surface area contributed by atoms with Gasteiger partial charge in [0.15, 0.2) is 0 Å². The molecule has 1 N–H and O–H groups in total. The van der Waals surface area contributed by atoms with Crippen LogP contribution in [0.15, 0.2) is 11.4 Å². The van der Waals surface area contributed by atoms with Crippen LogP contribution in [0.5, 0.6) is 0 Å². The summed E-state index contributed by atoms with van der Waals surface area (Å²) in [6, 6.07) is 4.73. The van der Waals surface area contributed by atoms with Crippen molar-refractivity contribution in [3.63, 3.8) is 0 Å². The number of fused-ring (bicyclic) bond motifs is 2. The topological polar surface area (TPSA) is 56.1 Å². The summed E-state index contributed by atoms with van der Waals surface area (Å²) >= 11 is 3.39. The van der Waals surface area contributed by atoms with E-state index in [9.17, 15) is 10.1 Å². The molecular weight excluding hydrogens is 338 g/mol. The molecule has 1 aliphatic carbocycles. The van der Waals surface area contributed by atoms with Crippen molar-refractivity contribution in [2.45, 2.75) is 38.6 Å². The Morgan fingerprint density at radius 2 is 2.29 bits per heavy atom. The molecule has 0 radical (unpaired) electrons. The van der Waals surface area contributed by atoms with E-state index in [2.05, 4.69) is 34.7 Å². The van der Waals surface area contributed by atoms with Gasteiger partial charge >= 0.3 is 0 Å². The van der Waals surface area contributed by atoms with Gasteiger partial charge in [0.1, 0.15) is 11.1 Å². The Morgan fingerprint density at radius 3 is 3.12 bits per heavy atom. The summed E-state index contributed by atoms with van der Waals surface area (Å²) in [5, 5.41) is 15.3. The number of amides is 1. The molecule has 124 valence electrons. The highest BCUT2D eigenvalue weighted by Gasteiger charge is 2.27.